The minimum Gasteiger partial charge on any atom is -0.374 e. The summed E-state index contributed by atoms with van der Waals surface area (Å²) in [5.41, 5.74) is 5.29. The van der Waals surface area contributed by atoms with Gasteiger partial charge in [0.1, 0.15) is 0 Å². The van der Waals surface area contributed by atoms with E-state index in [0.29, 0.717) is 13.1 Å². The molecule has 1 fully saturated rings. The fraction of sp³-hybridized carbons (Fsp3) is 0.615. The molecule has 0 bridgehead atoms. The Morgan fingerprint density at radius 2 is 1.76 bits per heavy atom. The summed E-state index contributed by atoms with van der Waals surface area (Å²) in [6, 6.07) is 6.76. The SMILES string of the molecule is CN1CCN([C@@H](CNC(=O)C(=O)NCCC2=CCCCC2)c2ccc3c(c2)CCN3C)CC1. The van der Waals surface area contributed by atoms with Crippen molar-refractivity contribution in [1.82, 2.24) is 20.4 Å². The summed E-state index contributed by atoms with van der Waals surface area (Å²) >= 11 is 0. The molecule has 180 valence electrons. The molecule has 1 aromatic rings. The minimum atomic E-state index is -0.535. The Morgan fingerprint density at radius 3 is 2.52 bits per heavy atom. The standard InChI is InChI=1S/C26H39N5O2/c1-29-14-16-31(17-15-29)24(21-8-9-23-22(18-21)11-13-30(23)2)19-28-26(33)25(32)27-12-10-20-6-4-3-5-7-20/h6,8-9,18,24H,3-5,7,10-17,19H2,1-2H3,(H,27,32)(H,28,33)/t24-/m0/s1. The monoisotopic (exact) mass is 453 g/mol. The maximum Gasteiger partial charge on any atom is 0.309 e. The van der Waals surface area contributed by atoms with Crippen LogP contribution in [0.3, 0.4) is 0 Å². The average Bonchev–Trinajstić information content (AvgIpc) is 3.21. The summed E-state index contributed by atoms with van der Waals surface area (Å²) in [6.45, 7) is 5.94. The van der Waals surface area contributed by atoms with E-state index in [2.05, 4.69) is 63.7 Å². The van der Waals surface area contributed by atoms with Crippen LogP contribution in [0.2, 0.25) is 0 Å². The van der Waals surface area contributed by atoms with Gasteiger partial charge in [-0.1, -0.05) is 23.8 Å². The number of fused-ring (bicyclic) bond motifs is 1. The zero-order valence-electron chi connectivity index (χ0n) is 20.2. The molecule has 2 aliphatic heterocycles. The molecule has 7 heteroatoms. The fourth-order valence-electron chi connectivity index (χ4n) is 5.20. The van der Waals surface area contributed by atoms with Gasteiger partial charge in [-0.05, 0) is 62.8 Å². The molecule has 3 aliphatic rings. The predicted octanol–water partition coefficient (Wildman–Crippen LogP) is 2.09. The molecule has 1 atom stereocenters. The molecule has 1 aliphatic carbocycles. The Hall–Kier alpha value is -2.38. The van der Waals surface area contributed by atoms with Crippen LogP contribution in [0.15, 0.2) is 29.8 Å². The summed E-state index contributed by atoms with van der Waals surface area (Å²) in [5, 5.41) is 5.72. The van der Waals surface area contributed by atoms with E-state index >= 15 is 0 Å². The van der Waals surface area contributed by atoms with Gasteiger partial charge in [0.15, 0.2) is 0 Å². The molecule has 2 N–H and O–H groups in total. The third kappa shape index (κ3) is 6.15. The number of rotatable bonds is 7. The lowest BCUT2D eigenvalue weighted by Gasteiger charge is -2.38. The quantitative estimate of drug-likeness (QED) is 0.489. The van der Waals surface area contributed by atoms with E-state index in [1.165, 1.54) is 35.2 Å². The first kappa shape index (κ1) is 23.8. The van der Waals surface area contributed by atoms with Crippen molar-refractivity contribution in [2.45, 2.75) is 44.6 Å². The summed E-state index contributed by atoms with van der Waals surface area (Å²) < 4.78 is 0. The maximum absolute atomic E-state index is 12.6. The van der Waals surface area contributed by atoms with Gasteiger partial charge < -0.3 is 20.4 Å². The zero-order valence-corrected chi connectivity index (χ0v) is 20.2. The normalized spacial score (nSPS) is 20.2. The van der Waals surface area contributed by atoms with Crippen LogP contribution in [-0.2, 0) is 16.0 Å². The molecule has 0 saturated carbocycles. The van der Waals surface area contributed by atoms with Gasteiger partial charge in [-0.2, -0.15) is 0 Å². The van der Waals surface area contributed by atoms with Gasteiger partial charge in [-0.25, -0.2) is 0 Å². The van der Waals surface area contributed by atoms with E-state index in [0.717, 1.165) is 58.4 Å². The first-order chi connectivity index (χ1) is 16.0. The van der Waals surface area contributed by atoms with Gasteiger partial charge in [0, 0.05) is 58.5 Å². The van der Waals surface area contributed by atoms with Crippen LogP contribution in [0.4, 0.5) is 5.69 Å². The van der Waals surface area contributed by atoms with Crippen LogP contribution in [-0.4, -0.2) is 81.5 Å². The lowest BCUT2D eigenvalue weighted by Crippen LogP contribution is -2.49. The number of amides is 2. The molecule has 33 heavy (non-hydrogen) atoms. The van der Waals surface area contributed by atoms with Crippen LogP contribution < -0.4 is 15.5 Å². The van der Waals surface area contributed by atoms with Crippen molar-refractivity contribution in [2.75, 3.05) is 64.8 Å². The second-order valence-electron chi connectivity index (χ2n) is 9.74. The molecule has 0 unspecified atom stereocenters. The molecule has 0 radical (unpaired) electrons. The third-order valence-electron chi connectivity index (χ3n) is 7.37. The molecule has 1 saturated heterocycles. The number of hydrogen-bond acceptors (Lipinski definition) is 5. The Balaban J connectivity index is 1.35. The second kappa shape index (κ2) is 11.2. The van der Waals surface area contributed by atoms with Gasteiger partial charge in [-0.15, -0.1) is 0 Å². The summed E-state index contributed by atoms with van der Waals surface area (Å²) in [7, 11) is 4.28. The van der Waals surface area contributed by atoms with E-state index in [1.54, 1.807) is 0 Å². The summed E-state index contributed by atoms with van der Waals surface area (Å²) in [4.78, 5) is 32.0. The predicted molar refractivity (Wildman–Crippen MR) is 132 cm³/mol. The number of nitrogens with one attached hydrogen (secondary N) is 2. The van der Waals surface area contributed by atoms with Crippen LogP contribution in [0.5, 0.6) is 0 Å². The zero-order chi connectivity index (χ0) is 23.2. The first-order valence-corrected chi connectivity index (χ1v) is 12.5. The Bertz CT molecular complexity index is 875. The molecule has 2 amide bonds. The van der Waals surface area contributed by atoms with Crippen LogP contribution in [0.1, 0.15) is 49.3 Å². The number of nitrogens with zero attached hydrogens (tertiary/aromatic N) is 3. The van der Waals surface area contributed by atoms with Crippen molar-refractivity contribution < 1.29 is 9.59 Å². The van der Waals surface area contributed by atoms with Crippen LogP contribution >= 0.6 is 0 Å². The smallest absolute Gasteiger partial charge is 0.309 e. The number of likely N-dealkylation sites (N-methyl/N-ethyl adjacent to an activating group) is 2. The molecule has 7 nitrogen and oxygen atoms in total. The number of carbonyl (C=O) groups excluding carboxylic acids is 2. The Labute approximate surface area is 198 Å². The Kier molecular flexibility index (Phi) is 8.04. The highest BCUT2D eigenvalue weighted by Crippen LogP contribution is 2.31. The second-order valence-corrected chi connectivity index (χ2v) is 9.74. The molecule has 4 rings (SSSR count). The largest absolute Gasteiger partial charge is 0.374 e. The molecular formula is C26H39N5O2. The molecule has 1 aromatic carbocycles. The number of piperazine rings is 1. The van der Waals surface area contributed by atoms with Gasteiger partial charge in [0.2, 0.25) is 0 Å². The third-order valence-corrected chi connectivity index (χ3v) is 7.37. The van der Waals surface area contributed by atoms with E-state index in [1.807, 2.05) is 0 Å². The van der Waals surface area contributed by atoms with Crippen molar-refractivity contribution in [2.24, 2.45) is 0 Å². The number of carbonyl (C=O) groups is 2. The highest BCUT2D eigenvalue weighted by molar-refractivity contribution is 6.35. The number of anilines is 1. The molecule has 0 spiro atoms. The first-order valence-electron chi connectivity index (χ1n) is 12.5. The summed E-state index contributed by atoms with van der Waals surface area (Å²) in [5.74, 6) is -1.06. The van der Waals surface area contributed by atoms with E-state index in [9.17, 15) is 9.59 Å². The van der Waals surface area contributed by atoms with Gasteiger partial charge in [-0.3, -0.25) is 14.5 Å². The van der Waals surface area contributed by atoms with Crippen molar-refractivity contribution in [3.63, 3.8) is 0 Å². The van der Waals surface area contributed by atoms with Crippen LogP contribution in [0.25, 0.3) is 0 Å². The van der Waals surface area contributed by atoms with Gasteiger partial charge in [0.05, 0.1) is 6.04 Å². The number of hydrogen-bond donors (Lipinski definition) is 2. The highest BCUT2D eigenvalue weighted by Gasteiger charge is 2.27. The van der Waals surface area contributed by atoms with Crippen molar-refractivity contribution in [1.29, 1.82) is 0 Å². The van der Waals surface area contributed by atoms with E-state index in [4.69, 9.17) is 0 Å². The number of benzene rings is 1. The minimum absolute atomic E-state index is 0.0686. The van der Waals surface area contributed by atoms with Crippen molar-refractivity contribution in [3.05, 3.63) is 41.0 Å². The topological polar surface area (TPSA) is 67.9 Å². The molecular weight excluding hydrogens is 414 g/mol. The number of allylic oxidation sites excluding steroid dienone is 1. The van der Waals surface area contributed by atoms with Crippen molar-refractivity contribution in [3.8, 4) is 0 Å². The van der Waals surface area contributed by atoms with Gasteiger partial charge in [0.25, 0.3) is 0 Å². The molecule has 0 aromatic heterocycles. The average molecular weight is 454 g/mol. The summed E-state index contributed by atoms with van der Waals surface area (Å²) in [6.07, 6.45) is 8.92. The van der Waals surface area contributed by atoms with E-state index < -0.39 is 11.8 Å². The fourth-order valence-corrected chi connectivity index (χ4v) is 5.20. The van der Waals surface area contributed by atoms with Crippen molar-refractivity contribution >= 4 is 17.5 Å². The van der Waals surface area contributed by atoms with Crippen LogP contribution in [0, 0.1) is 0 Å². The van der Waals surface area contributed by atoms with Gasteiger partial charge >= 0.3 is 11.8 Å². The highest BCUT2D eigenvalue weighted by atomic mass is 16.2. The lowest BCUT2D eigenvalue weighted by atomic mass is 9.97. The molecule has 2 heterocycles. The van der Waals surface area contributed by atoms with E-state index in [-0.39, 0.29) is 6.04 Å². The Morgan fingerprint density at radius 1 is 0.970 bits per heavy atom. The lowest BCUT2D eigenvalue weighted by molar-refractivity contribution is -0.139. The maximum atomic E-state index is 12.6.